The number of rotatable bonds is 4. The van der Waals surface area contributed by atoms with Gasteiger partial charge in [0.1, 0.15) is 11.5 Å². The zero-order chi connectivity index (χ0) is 16.4. The lowest BCUT2D eigenvalue weighted by molar-refractivity contribution is -0.115. The molecular formula is C18H19NO3S. The number of fused-ring (bicyclic) bond motifs is 1. The fraction of sp³-hybridized carbons (Fsp3) is 0.278. The summed E-state index contributed by atoms with van der Waals surface area (Å²) in [5.74, 6) is 1.30. The standard InChI is InChI=1S/C18H19NO3S/c1-11-4-5-12-7-17(23-16(12)6-11)18(20)19-13-8-14(21-2)10-15(9-13)22-3/h4-6,8-10,17H,7H2,1-3H3,(H,19,20)/t17-/m1/s1. The summed E-state index contributed by atoms with van der Waals surface area (Å²) >= 11 is 1.62. The minimum Gasteiger partial charge on any atom is -0.497 e. The van der Waals surface area contributed by atoms with E-state index in [1.165, 1.54) is 16.0 Å². The zero-order valence-corrected chi connectivity index (χ0v) is 14.2. The SMILES string of the molecule is COc1cc(NC(=O)[C@H]2Cc3ccc(C)cc3S2)cc(OC)c1. The van der Waals surface area contributed by atoms with Crippen molar-refractivity contribution in [2.24, 2.45) is 0 Å². The number of ether oxygens (including phenoxy) is 2. The molecule has 5 heteroatoms. The molecule has 1 aliphatic heterocycles. The van der Waals surface area contributed by atoms with Crippen LogP contribution in [0, 0.1) is 6.92 Å². The number of carbonyl (C=O) groups is 1. The van der Waals surface area contributed by atoms with Gasteiger partial charge in [-0.15, -0.1) is 11.8 Å². The molecule has 0 radical (unpaired) electrons. The van der Waals surface area contributed by atoms with Crippen LogP contribution in [0.3, 0.4) is 0 Å². The highest BCUT2D eigenvalue weighted by Crippen LogP contribution is 2.38. The predicted molar refractivity (Wildman–Crippen MR) is 92.7 cm³/mol. The van der Waals surface area contributed by atoms with Crippen molar-refractivity contribution >= 4 is 23.4 Å². The van der Waals surface area contributed by atoms with Crippen molar-refractivity contribution in [1.29, 1.82) is 0 Å². The van der Waals surface area contributed by atoms with E-state index in [0.717, 1.165) is 6.42 Å². The Hall–Kier alpha value is -2.14. The molecule has 1 heterocycles. The number of anilines is 1. The van der Waals surface area contributed by atoms with Crippen LogP contribution in [0.5, 0.6) is 11.5 Å². The Morgan fingerprint density at radius 3 is 2.48 bits per heavy atom. The summed E-state index contributed by atoms with van der Waals surface area (Å²) in [6, 6.07) is 11.7. The number of amides is 1. The second kappa shape index (κ2) is 6.54. The molecule has 0 unspecified atom stereocenters. The third kappa shape index (κ3) is 3.45. The molecule has 0 aromatic heterocycles. The monoisotopic (exact) mass is 329 g/mol. The van der Waals surface area contributed by atoms with Crippen molar-refractivity contribution in [2.45, 2.75) is 23.5 Å². The van der Waals surface area contributed by atoms with Crippen molar-refractivity contribution in [2.75, 3.05) is 19.5 Å². The van der Waals surface area contributed by atoms with E-state index in [2.05, 4.69) is 30.4 Å². The molecule has 0 fully saturated rings. The number of hydrogen-bond acceptors (Lipinski definition) is 4. The van der Waals surface area contributed by atoms with Gasteiger partial charge in [-0.25, -0.2) is 0 Å². The Kier molecular flexibility index (Phi) is 4.48. The lowest BCUT2D eigenvalue weighted by Crippen LogP contribution is -2.24. The maximum absolute atomic E-state index is 12.6. The molecule has 0 bridgehead atoms. The average Bonchev–Trinajstić information content (AvgIpc) is 2.97. The summed E-state index contributed by atoms with van der Waals surface area (Å²) < 4.78 is 10.5. The van der Waals surface area contributed by atoms with Crippen LogP contribution in [-0.2, 0) is 11.2 Å². The summed E-state index contributed by atoms with van der Waals surface area (Å²) in [4.78, 5) is 13.8. The summed E-state index contributed by atoms with van der Waals surface area (Å²) in [6.07, 6.45) is 0.757. The fourth-order valence-electron chi connectivity index (χ4n) is 2.58. The largest absolute Gasteiger partial charge is 0.497 e. The van der Waals surface area contributed by atoms with Crippen molar-refractivity contribution in [1.82, 2.24) is 0 Å². The molecule has 23 heavy (non-hydrogen) atoms. The molecule has 2 aromatic carbocycles. The number of benzene rings is 2. The average molecular weight is 329 g/mol. The first-order chi connectivity index (χ1) is 11.1. The number of nitrogens with one attached hydrogen (secondary N) is 1. The van der Waals surface area contributed by atoms with E-state index in [9.17, 15) is 4.79 Å². The van der Waals surface area contributed by atoms with E-state index >= 15 is 0 Å². The van der Waals surface area contributed by atoms with Gasteiger partial charge in [-0.3, -0.25) is 4.79 Å². The van der Waals surface area contributed by atoms with Gasteiger partial charge in [0, 0.05) is 28.8 Å². The van der Waals surface area contributed by atoms with Crippen molar-refractivity contribution in [3.8, 4) is 11.5 Å². The number of thioether (sulfide) groups is 1. The van der Waals surface area contributed by atoms with E-state index in [1.807, 2.05) is 0 Å². The molecule has 4 nitrogen and oxygen atoms in total. The topological polar surface area (TPSA) is 47.6 Å². The molecule has 2 aromatic rings. The van der Waals surface area contributed by atoms with Gasteiger partial charge in [0.15, 0.2) is 0 Å². The third-order valence-corrected chi connectivity index (χ3v) is 5.11. The minimum absolute atomic E-state index is 0.000779. The van der Waals surface area contributed by atoms with E-state index < -0.39 is 0 Å². The molecule has 0 saturated heterocycles. The Bertz CT molecular complexity index is 723. The molecule has 1 atom stereocenters. The molecular weight excluding hydrogens is 310 g/mol. The van der Waals surface area contributed by atoms with Gasteiger partial charge in [-0.2, -0.15) is 0 Å². The maximum atomic E-state index is 12.6. The summed E-state index contributed by atoms with van der Waals surface area (Å²) in [5.41, 5.74) is 3.14. The maximum Gasteiger partial charge on any atom is 0.238 e. The number of hydrogen-bond donors (Lipinski definition) is 1. The van der Waals surface area contributed by atoms with Gasteiger partial charge in [0.25, 0.3) is 0 Å². The third-order valence-electron chi connectivity index (χ3n) is 3.81. The van der Waals surface area contributed by atoms with Gasteiger partial charge in [0.05, 0.1) is 19.5 Å². The molecule has 1 aliphatic rings. The van der Waals surface area contributed by atoms with Crippen molar-refractivity contribution < 1.29 is 14.3 Å². The van der Waals surface area contributed by atoms with Crippen LogP contribution >= 0.6 is 11.8 Å². The van der Waals surface area contributed by atoms with Crippen LogP contribution < -0.4 is 14.8 Å². The molecule has 1 N–H and O–H groups in total. The second-order valence-corrected chi connectivity index (χ2v) is 6.76. The quantitative estimate of drug-likeness (QED) is 0.930. The Morgan fingerprint density at radius 1 is 1.13 bits per heavy atom. The normalized spacial score (nSPS) is 15.9. The molecule has 0 spiro atoms. The number of carbonyl (C=O) groups excluding carboxylic acids is 1. The molecule has 3 rings (SSSR count). The van der Waals surface area contributed by atoms with Gasteiger partial charge in [-0.05, 0) is 25.0 Å². The fourth-order valence-corrected chi connectivity index (χ4v) is 3.88. The molecule has 1 amide bonds. The zero-order valence-electron chi connectivity index (χ0n) is 13.4. The van der Waals surface area contributed by atoms with Gasteiger partial charge < -0.3 is 14.8 Å². The molecule has 0 aliphatic carbocycles. The number of aryl methyl sites for hydroxylation is 1. The highest BCUT2D eigenvalue weighted by molar-refractivity contribution is 8.01. The Labute approximate surface area is 140 Å². The lowest BCUT2D eigenvalue weighted by Gasteiger charge is -2.12. The van der Waals surface area contributed by atoms with Gasteiger partial charge in [-0.1, -0.05) is 17.7 Å². The minimum atomic E-state index is -0.107. The lowest BCUT2D eigenvalue weighted by atomic mass is 10.1. The molecule has 120 valence electrons. The second-order valence-electron chi connectivity index (χ2n) is 5.51. The summed E-state index contributed by atoms with van der Waals surface area (Å²) in [7, 11) is 3.18. The summed E-state index contributed by atoms with van der Waals surface area (Å²) in [6.45, 7) is 2.07. The highest BCUT2D eigenvalue weighted by atomic mass is 32.2. The van der Waals surface area contributed by atoms with Crippen LogP contribution in [0.2, 0.25) is 0 Å². The van der Waals surface area contributed by atoms with E-state index in [0.29, 0.717) is 17.2 Å². The smallest absolute Gasteiger partial charge is 0.238 e. The van der Waals surface area contributed by atoms with Crippen LogP contribution in [0.25, 0.3) is 0 Å². The van der Waals surface area contributed by atoms with Crippen LogP contribution in [-0.4, -0.2) is 25.4 Å². The first kappa shape index (κ1) is 15.7. The van der Waals surface area contributed by atoms with E-state index in [-0.39, 0.29) is 11.2 Å². The van der Waals surface area contributed by atoms with Crippen molar-refractivity contribution in [3.05, 3.63) is 47.5 Å². The number of methoxy groups -OCH3 is 2. The predicted octanol–water partition coefficient (Wildman–Crippen LogP) is 3.67. The van der Waals surface area contributed by atoms with Crippen molar-refractivity contribution in [3.63, 3.8) is 0 Å². The highest BCUT2D eigenvalue weighted by Gasteiger charge is 2.28. The van der Waals surface area contributed by atoms with Gasteiger partial charge >= 0.3 is 0 Å². The van der Waals surface area contributed by atoms with Gasteiger partial charge in [0.2, 0.25) is 5.91 Å². The van der Waals surface area contributed by atoms with Crippen LogP contribution in [0.4, 0.5) is 5.69 Å². The first-order valence-corrected chi connectivity index (χ1v) is 8.27. The van der Waals surface area contributed by atoms with Crippen LogP contribution in [0.15, 0.2) is 41.3 Å². The van der Waals surface area contributed by atoms with Crippen LogP contribution in [0.1, 0.15) is 11.1 Å². The molecule has 0 saturated carbocycles. The Balaban J connectivity index is 1.73. The Morgan fingerprint density at radius 2 is 1.83 bits per heavy atom. The van der Waals surface area contributed by atoms with E-state index in [1.54, 1.807) is 44.2 Å². The van der Waals surface area contributed by atoms with E-state index in [4.69, 9.17) is 9.47 Å². The summed E-state index contributed by atoms with van der Waals surface area (Å²) in [5, 5.41) is 2.86. The first-order valence-electron chi connectivity index (χ1n) is 7.39.